The fraction of sp³-hybridized carbons (Fsp3) is 0.769. The number of nitrogen functional groups attached to an aromatic ring is 1. The van der Waals surface area contributed by atoms with E-state index in [0.29, 0.717) is 5.92 Å². The van der Waals surface area contributed by atoms with E-state index < -0.39 is 0 Å². The van der Waals surface area contributed by atoms with Crippen molar-refractivity contribution in [1.29, 1.82) is 0 Å². The Morgan fingerprint density at radius 3 is 2.50 bits per heavy atom. The normalized spacial score (nSPS) is 26.2. The fourth-order valence-electron chi connectivity index (χ4n) is 2.47. The van der Waals surface area contributed by atoms with Crippen LogP contribution in [0.15, 0.2) is 0 Å². The van der Waals surface area contributed by atoms with Gasteiger partial charge in [-0.1, -0.05) is 27.7 Å². The van der Waals surface area contributed by atoms with Gasteiger partial charge >= 0.3 is 0 Å². The second kappa shape index (κ2) is 4.16. The highest BCUT2D eigenvalue weighted by Gasteiger charge is 2.47. The molecule has 1 saturated carbocycles. The van der Waals surface area contributed by atoms with Crippen LogP contribution < -0.4 is 11.1 Å². The number of aliphatic hydroxyl groups excluding tert-OH is 1. The molecule has 0 spiro atoms. The van der Waals surface area contributed by atoms with Crippen LogP contribution in [0.1, 0.15) is 45.7 Å². The number of aryl methyl sites for hydroxylation is 1. The number of aromatic nitrogens is 2. The van der Waals surface area contributed by atoms with Gasteiger partial charge in [-0.3, -0.25) is 4.68 Å². The van der Waals surface area contributed by atoms with Crippen molar-refractivity contribution in [3.63, 3.8) is 0 Å². The minimum atomic E-state index is -0.242. The molecule has 2 unspecified atom stereocenters. The standard InChI is InChI=1S/C13H24N4O/c1-7(2)11-10(14)12(17(5)16-11)15-8-6-9(18)13(8,3)4/h7-9,15,18H,6,14H2,1-5H3. The number of rotatable bonds is 3. The summed E-state index contributed by atoms with van der Waals surface area (Å²) in [5.41, 5.74) is 7.69. The number of nitrogens with two attached hydrogens (primary N) is 1. The highest BCUT2D eigenvalue weighted by Crippen LogP contribution is 2.43. The lowest BCUT2D eigenvalue weighted by atomic mass is 9.64. The summed E-state index contributed by atoms with van der Waals surface area (Å²) in [5.74, 6) is 1.18. The average molecular weight is 252 g/mol. The highest BCUT2D eigenvalue weighted by molar-refractivity contribution is 5.66. The molecule has 0 bridgehead atoms. The van der Waals surface area contributed by atoms with Gasteiger partial charge in [0.25, 0.3) is 0 Å². The van der Waals surface area contributed by atoms with Gasteiger partial charge in [-0.05, 0) is 12.3 Å². The molecule has 1 fully saturated rings. The van der Waals surface area contributed by atoms with Crippen molar-refractivity contribution in [2.75, 3.05) is 11.1 Å². The van der Waals surface area contributed by atoms with Crippen molar-refractivity contribution in [3.05, 3.63) is 5.69 Å². The summed E-state index contributed by atoms with van der Waals surface area (Å²) < 4.78 is 1.80. The van der Waals surface area contributed by atoms with Gasteiger partial charge in [-0.15, -0.1) is 0 Å². The number of nitrogens with zero attached hydrogens (tertiary/aromatic N) is 2. The van der Waals surface area contributed by atoms with Gasteiger partial charge in [0.05, 0.1) is 17.5 Å². The minimum Gasteiger partial charge on any atom is -0.394 e. The van der Waals surface area contributed by atoms with Gasteiger partial charge in [-0.25, -0.2) is 0 Å². The van der Waals surface area contributed by atoms with Crippen molar-refractivity contribution in [1.82, 2.24) is 9.78 Å². The Bertz CT molecular complexity index is 450. The minimum absolute atomic E-state index is 0.116. The average Bonchev–Trinajstić information content (AvgIpc) is 2.56. The van der Waals surface area contributed by atoms with Gasteiger partial charge in [0.1, 0.15) is 5.82 Å². The molecule has 0 aromatic carbocycles. The quantitative estimate of drug-likeness (QED) is 0.765. The first-order chi connectivity index (χ1) is 8.25. The Hall–Kier alpha value is -1.23. The van der Waals surface area contributed by atoms with Crippen molar-refractivity contribution in [3.8, 4) is 0 Å². The number of anilines is 2. The van der Waals surface area contributed by atoms with E-state index in [4.69, 9.17) is 5.73 Å². The third-order valence-electron chi connectivity index (χ3n) is 4.19. The van der Waals surface area contributed by atoms with Crippen molar-refractivity contribution in [2.45, 2.75) is 52.2 Å². The van der Waals surface area contributed by atoms with Crippen LogP contribution in [0.25, 0.3) is 0 Å². The summed E-state index contributed by atoms with van der Waals surface area (Å²) >= 11 is 0. The van der Waals surface area contributed by atoms with E-state index >= 15 is 0 Å². The monoisotopic (exact) mass is 252 g/mol. The van der Waals surface area contributed by atoms with E-state index in [0.717, 1.165) is 23.6 Å². The first-order valence-electron chi connectivity index (χ1n) is 6.52. The van der Waals surface area contributed by atoms with Crippen LogP contribution in [0.5, 0.6) is 0 Å². The number of nitrogens with one attached hydrogen (secondary N) is 1. The van der Waals surface area contributed by atoms with Crippen LogP contribution in [-0.4, -0.2) is 27.0 Å². The van der Waals surface area contributed by atoms with Gasteiger partial charge in [0.15, 0.2) is 0 Å². The summed E-state index contributed by atoms with van der Waals surface area (Å²) in [6.45, 7) is 8.29. The van der Waals surface area contributed by atoms with E-state index in [1.807, 2.05) is 7.05 Å². The first-order valence-corrected chi connectivity index (χ1v) is 6.52. The number of hydrogen-bond acceptors (Lipinski definition) is 4. The molecule has 2 atom stereocenters. The van der Waals surface area contributed by atoms with Gasteiger partial charge in [-0.2, -0.15) is 5.10 Å². The van der Waals surface area contributed by atoms with E-state index in [9.17, 15) is 5.11 Å². The van der Waals surface area contributed by atoms with E-state index in [1.165, 1.54) is 0 Å². The molecule has 0 aliphatic heterocycles. The summed E-state index contributed by atoms with van der Waals surface area (Å²) in [7, 11) is 1.90. The molecule has 1 aromatic rings. The van der Waals surface area contributed by atoms with Crippen molar-refractivity contribution >= 4 is 11.5 Å². The first kappa shape index (κ1) is 13.2. The third-order valence-corrected chi connectivity index (χ3v) is 4.19. The lowest BCUT2D eigenvalue weighted by molar-refractivity contribution is -0.0512. The van der Waals surface area contributed by atoms with Crippen molar-refractivity contribution < 1.29 is 5.11 Å². The lowest BCUT2D eigenvalue weighted by Gasteiger charge is -2.49. The molecule has 18 heavy (non-hydrogen) atoms. The molecule has 0 amide bonds. The van der Waals surface area contributed by atoms with Crippen LogP contribution in [-0.2, 0) is 7.05 Å². The molecule has 0 radical (unpaired) electrons. The van der Waals surface area contributed by atoms with E-state index in [-0.39, 0.29) is 17.6 Å². The molecular formula is C13H24N4O. The van der Waals surface area contributed by atoms with Crippen LogP contribution in [0.2, 0.25) is 0 Å². The molecular weight excluding hydrogens is 228 g/mol. The summed E-state index contributed by atoms with van der Waals surface area (Å²) in [6.07, 6.45) is 0.517. The predicted molar refractivity (Wildman–Crippen MR) is 73.5 cm³/mol. The maximum atomic E-state index is 9.76. The predicted octanol–water partition coefficient (Wildman–Crippen LogP) is 1.70. The third kappa shape index (κ3) is 1.86. The molecule has 102 valence electrons. The second-order valence-corrected chi connectivity index (χ2v) is 6.20. The van der Waals surface area contributed by atoms with Crippen LogP contribution in [0, 0.1) is 5.41 Å². The number of aliphatic hydroxyl groups is 1. The van der Waals surface area contributed by atoms with Gasteiger partial charge in [0.2, 0.25) is 0 Å². The Labute approximate surface area is 108 Å². The Balaban J connectivity index is 2.21. The maximum absolute atomic E-state index is 9.76. The molecule has 2 rings (SSSR count). The Morgan fingerprint density at radius 2 is 2.11 bits per heavy atom. The lowest BCUT2D eigenvalue weighted by Crippen LogP contribution is -2.57. The molecule has 1 aliphatic carbocycles. The summed E-state index contributed by atoms with van der Waals surface area (Å²) in [5, 5.41) is 17.6. The second-order valence-electron chi connectivity index (χ2n) is 6.20. The van der Waals surface area contributed by atoms with Gasteiger partial charge in [0, 0.05) is 18.5 Å². The van der Waals surface area contributed by atoms with Crippen LogP contribution >= 0.6 is 0 Å². The number of hydrogen-bond donors (Lipinski definition) is 3. The SMILES string of the molecule is CC(C)c1nn(C)c(NC2CC(O)C2(C)C)c1N. The van der Waals surface area contributed by atoms with Crippen LogP contribution in [0.3, 0.4) is 0 Å². The summed E-state index contributed by atoms with van der Waals surface area (Å²) in [6, 6.07) is 0.241. The largest absolute Gasteiger partial charge is 0.394 e. The highest BCUT2D eigenvalue weighted by atomic mass is 16.3. The van der Waals surface area contributed by atoms with E-state index in [1.54, 1.807) is 4.68 Å². The maximum Gasteiger partial charge on any atom is 0.148 e. The smallest absolute Gasteiger partial charge is 0.148 e. The molecule has 1 aromatic heterocycles. The summed E-state index contributed by atoms with van der Waals surface area (Å²) in [4.78, 5) is 0. The molecule has 5 heteroatoms. The molecule has 5 nitrogen and oxygen atoms in total. The molecule has 4 N–H and O–H groups in total. The van der Waals surface area contributed by atoms with Crippen molar-refractivity contribution in [2.24, 2.45) is 12.5 Å². The van der Waals surface area contributed by atoms with E-state index in [2.05, 4.69) is 38.1 Å². The molecule has 1 heterocycles. The Kier molecular flexibility index (Phi) is 3.05. The zero-order chi connectivity index (χ0) is 13.7. The van der Waals surface area contributed by atoms with Gasteiger partial charge < -0.3 is 16.2 Å². The van der Waals surface area contributed by atoms with Crippen LogP contribution in [0.4, 0.5) is 11.5 Å². The molecule has 0 saturated heterocycles. The topological polar surface area (TPSA) is 76.1 Å². The zero-order valence-corrected chi connectivity index (χ0v) is 11.9. The molecule has 1 aliphatic rings. The Morgan fingerprint density at radius 1 is 1.50 bits per heavy atom. The zero-order valence-electron chi connectivity index (χ0n) is 11.9. The fourth-order valence-corrected chi connectivity index (χ4v) is 2.47.